The molecule has 2 aromatic rings. The van der Waals surface area contributed by atoms with Crippen LogP contribution in [0.1, 0.15) is 5.56 Å². The Bertz CT molecular complexity index is 727. The Morgan fingerprint density at radius 3 is 2.60 bits per heavy atom. The molecule has 0 bridgehead atoms. The van der Waals surface area contributed by atoms with Gasteiger partial charge in [-0.2, -0.15) is 9.40 Å². The molecule has 0 atom stereocenters. The SMILES string of the molecule is CN(Cc1ccccc1Br)S(=O)(=O)c1cn(C)nc1N. The molecule has 2 rings (SSSR count). The fourth-order valence-electron chi connectivity index (χ4n) is 1.80. The summed E-state index contributed by atoms with van der Waals surface area (Å²) in [5.74, 6) is 0.00600. The highest BCUT2D eigenvalue weighted by atomic mass is 79.9. The lowest BCUT2D eigenvalue weighted by Gasteiger charge is -2.17. The normalized spacial score (nSPS) is 12.0. The van der Waals surface area contributed by atoms with Crippen molar-refractivity contribution in [1.82, 2.24) is 14.1 Å². The van der Waals surface area contributed by atoms with Gasteiger partial charge in [0.05, 0.1) is 0 Å². The largest absolute Gasteiger partial charge is 0.381 e. The molecule has 6 nitrogen and oxygen atoms in total. The monoisotopic (exact) mass is 358 g/mol. The average Bonchev–Trinajstić information content (AvgIpc) is 2.72. The second kappa shape index (κ2) is 5.55. The Morgan fingerprint density at radius 1 is 1.40 bits per heavy atom. The molecular weight excluding hydrogens is 344 g/mol. The zero-order valence-corrected chi connectivity index (χ0v) is 13.5. The molecule has 0 fully saturated rings. The van der Waals surface area contributed by atoms with Gasteiger partial charge in [0, 0.05) is 31.3 Å². The van der Waals surface area contributed by atoms with Crippen LogP contribution >= 0.6 is 15.9 Å². The highest BCUT2D eigenvalue weighted by molar-refractivity contribution is 9.10. The van der Waals surface area contributed by atoms with Crippen LogP contribution in [0.3, 0.4) is 0 Å². The number of rotatable bonds is 4. The first kappa shape index (κ1) is 15.0. The summed E-state index contributed by atoms with van der Waals surface area (Å²) in [6.45, 7) is 0.248. The maximum absolute atomic E-state index is 12.5. The van der Waals surface area contributed by atoms with Crippen LogP contribution in [0, 0.1) is 0 Å². The summed E-state index contributed by atoms with van der Waals surface area (Å²) < 4.78 is 28.4. The number of aryl methyl sites for hydroxylation is 1. The van der Waals surface area contributed by atoms with Gasteiger partial charge in [-0.3, -0.25) is 4.68 Å². The Hall–Kier alpha value is -1.38. The second-order valence-electron chi connectivity index (χ2n) is 4.40. The number of anilines is 1. The van der Waals surface area contributed by atoms with Crippen LogP contribution in [0.5, 0.6) is 0 Å². The Labute approximate surface area is 126 Å². The van der Waals surface area contributed by atoms with E-state index in [1.165, 1.54) is 22.2 Å². The van der Waals surface area contributed by atoms with E-state index >= 15 is 0 Å². The van der Waals surface area contributed by atoms with E-state index in [2.05, 4.69) is 21.0 Å². The Morgan fingerprint density at radius 2 is 2.05 bits per heavy atom. The number of nitrogens with two attached hydrogens (primary N) is 1. The van der Waals surface area contributed by atoms with Crippen molar-refractivity contribution in [2.45, 2.75) is 11.4 Å². The number of aromatic nitrogens is 2. The minimum absolute atomic E-state index is 0.00600. The maximum Gasteiger partial charge on any atom is 0.248 e. The van der Waals surface area contributed by atoms with Crippen molar-refractivity contribution in [2.75, 3.05) is 12.8 Å². The minimum Gasteiger partial charge on any atom is -0.381 e. The summed E-state index contributed by atoms with van der Waals surface area (Å²) >= 11 is 3.40. The zero-order valence-electron chi connectivity index (χ0n) is 11.1. The molecule has 0 aliphatic rings. The summed E-state index contributed by atoms with van der Waals surface area (Å²) in [6, 6.07) is 7.47. The first-order chi connectivity index (χ1) is 9.32. The van der Waals surface area contributed by atoms with Crippen molar-refractivity contribution in [3.05, 3.63) is 40.5 Å². The van der Waals surface area contributed by atoms with Gasteiger partial charge in [0.1, 0.15) is 4.90 Å². The topological polar surface area (TPSA) is 81.2 Å². The molecule has 0 aliphatic heterocycles. The lowest BCUT2D eigenvalue weighted by molar-refractivity contribution is 0.466. The number of sulfonamides is 1. The summed E-state index contributed by atoms with van der Waals surface area (Å²) in [5, 5.41) is 3.86. The Balaban J connectivity index is 2.31. The summed E-state index contributed by atoms with van der Waals surface area (Å²) in [6.07, 6.45) is 1.40. The highest BCUT2D eigenvalue weighted by Gasteiger charge is 2.26. The molecule has 2 N–H and O–H groups in total. The van der Waals surface area contributed by atoms with Gasteiger partial charge in [-0.15, -0.1) is 0 Å². The second-order valence-corrected chi connectivity index (χ2v) is 7.27. The van der Waals surface area contributed by atoms with Crippen molar-refractivity contribution < 1.29 is 8.42 Å². The van der Waals surface area contributed by atoms with Gasteiger partial charge in [0.25, 0.3) is 0 Å². The minimum atomic E-state index is -3.66. The van der Waals surface area contributed by atoms with Crippen molar-refractivity contribution >= 4 is 31.8 Å². The number of hydrogen-bond donors (Lipinski definition) is 1. The van der Waals surface area contributed by atoms with Crippen LogP contribution in [0.25, 0.3) is 0 Å². The van der Waals surface area contributed by atoms with Crippen molar-refractivity contribution in [3.8, 4) is 0 Å². The van der Waals surface area contributed by atoms with E-state index in [1.54, 1.807) is 7.05 Å². The number of hydrogen-bond acceptors (Lipinski definition) is 4. The fraction of sp³-hybridized carbons (Fsp3) is 0.250. The maximum atomic E-state index is 12.5. The molecule has 1 aromatic heterocycles. The van der Waals surface area contributed by atoms with E-state index in [-0.39, 0.29) is 17.3 Å². The molecule has 0 amide bonds. The average molecular weight is 359 g/mol. The predicted molar refractivity (Wildman–Crippen MR) is 80.4 cm³/mol. The van der Waals surface area contributed by atoms with Crippen LogP contribution in [-0.2, 0) is 23.6 Å². The zero-order chi connectivity index (χ0) is 14.9. The molecule has 0 aliphatic carbocycles. The first-order valence-corrected chi connectivity index (χ1v) is 8.04. The fourth-order valence-corrected chi connectivity index (χ4v) is 3.45. The van der Waals surface area contributed by atoms with Crippen LogP contribution in [0.2, 0.25) is 0 Å². The molecule has 0 saturated heterocycles. The highest BCUT2D eigenvalue weighted by Crippen LogP contribution is 2.23. The van der Waals surface area contributed by atoms with E-state index in [4.69, 9.17) is 5.73 Å². The molecule has 108 valence electrons. The van der Waals surface area contributed by atoms with Crippen molar-refractivity contribution in [2.24, 2.45) is 7.05 Å². The van der Waals surface area contributed by atoms with Crippen molar-refractivity contribution in [1.29, 1.82) is 0 Å². The molecule has 0 saturated carbocycles. The number of halogens is 1. The third kappa shape index (κ3) is 2.87. The molecule has 0 unspecified atom stereocenters. The predicted octanol–water partition coefficient (Wildman–Crippen LogP) is 1.59. The number of nitrogen functional groups attached to an aromatic ring is 1. The van der Waals surface area contributed by atoms with Crippen LogP contribution < -0.4 is 5.73 Å². The molecule has 1 aromatic carbocycles. The van der Waals surface area contributed by atoms with Crippen LogP contribution in [0.4, 0.5) is 5.82 Å². The number of nitrogens with zero attached hydrogens (tertiary/aromatic N) is 3. The molecule has 0 spiro atoms. The molecule has 0 radical (unpaired) electrons. The van der Waals surface area contributed by atoms with Crippen molar-refractivity contribution in [3.63, 3.8) is 0 Å². The van der Waals surface area contributed by atoms with E-state index in [0.717, 1.165) is 10.0 Å². The van der Waals surface area contributed by atoms with Gasteiger partial charge in [-0.25, -0.2) is 8.42 Å². The van der Waals surface area contributed by atoms with E-state index < -0.39 is 10.0 Å². The van der Waals surface area contributed by atoms with Crippen LogP contribution in [-0.4, -0.2) is 29.6 Å². The molecule has 8 heteroatoms. The molecule has 1 heterocycles. The summed E-state index contributed by atoms with van der Waals surface area (Å²) in [5.41, 5.74) is 6.52. The lowest BCUT2D eigenvalue weighted by Crippen LogP contribution is -2.27. The first-order valence-electron chi connectivity index (χ1n) is 5.81. The molecule has 20 heavy (non-hydrogen) atoms. The quantitative estimate of drug-likeness (QED) is 0.899. The molecular formula is C12H15BrN4O2S. The lowest BCUT2D eigenvalue weighted by atomic mass is 10.2. The summed E-state index contributed by atoms with van der Waals surface area (Å²) in [7, 11) is -0.516. The van der Waals surface area contributed by atoms with Gasteiger partial charge in [-0.1, -0.05) is 34.1 Å². The van der Waals surface area contributed by atoms with Gasteiger partial charge in [0.15, 0.2) is 5.82 Å². The number of benzene rings is 1. The smallest absolute Gasteiger partial charge is 0.248 e. The van der Waals surface area contributed by atoms with Gasteiger partial charge >= 0.3 is 0 Å². The van der Waals surface area contributed by atoms with E-state index in [1.807, 2.05) is 24.3 Å². The van der Waals surface area contributed by atoms with Gasteiger partial charge in [-0.05, 0) is 11.6 Å². The Kier molecular flexibility index (Phi) is 4.17. The van der Waals surface area contributed by atoms with Crippen LogP contribution in [0.15, 0.2) is 39.8 Å². The third-order valence-corrected chi connectivity index (χ3v) is 5.45. The van der Waals surface area contributed by atoms with Gasteiger partial charge < -0.3 is 5.73 Å². The summed E-state index contributed by atoms with van der Waals surface area (Å²) in [4.78, 5) is 0.0227. The van der Waals surface area contributed by atoms with Gasteiger partial charge in [0.2, 0.25) is 10.0 Å². The third-order valence-electron chi connectivity index (χ3n) is 2.86. The van der Waals surface area contributed by atoms with E-state index in [0.29, 0.717) is 0 Å². The standard InChI is InChI=1S/C12H15BrN4O2S/c1-16-8-11(12(14)15-16)20(18,19)17(2)7-9-5-3-4-6-10(9)13/h3-6,8H,7H2,1-2H3,(H2,14,15). The van der Waals surface area contributed by atoms with E-state index in [9.17, 15) is 8.42 Å².